The van der Waals surface area contributed by atoms with Gasteiger partial charge in [-0.3, -0.25) is 9.57 Å². The third-order valence-corrected chi connectivity index (χ3v) is 6.79. The fourth-order valence-corrected chi connectivity index (χ4v) is 5.85. The van der Waals surface area contributed by atoms with Crippen molar-refractivity contribution in [2.45, 2.75) is 37.8 Å². The van der Waals surface area contributed by atoms with Crippen molar-refractivity contribution in [2.75, 3.05) is 18.1 Å². The monoisotopic (exact) mass is 322 g/mol. The highest BCUT2D eigenvalue weighted by atomic mass is 32.2. The summed E-state index contributed by atoms with van der Waals surface area (Å²) in [7, 11) is -2.56. The Morgan fingerprint density at radius 1 is 1.27 bits per heavy atom. The number of nitrogens with zero attached hydrogens (tertiary/aromatic N) is 1. The zero-order valence-electron chi connectivity index (χ0n) is 12.6. The van der Waals surface area contributed by atoms with Crippen LogP contribution in [0.3, 0.4) is 0 Å². The lowest BCUT2D eigenvalue weighted by molar-refractivity contribution is 0.0608. The summed E-state index contributed by atoms with van der Waals surface area (Å²) in [4.78, 5) is 14.7. The number of nitrogens with one attached hydrogen (secondary N) is 1. The smallest absolute Gasteiger partial charge is 0.254 e. The summed E-state index contributed by atoms with van der Waals surface area (Å²) in [6.45, 7) is 0.638. The topological polar surface area (TPSA) is 81.5 Å². The molecule has 1 aromatic rings. The van der Waals surface area contributed by atoms with Crippen LogP contribution in [0.5, 0.6) is 0 Å². The molecule has 3 rings (SSSR count). The normalized spacial score (nSPS) is 31.6. The Bertz CT molecular complexity index is 669. The first-order chi connectivity index (χ1) is 10.5. The van der Waals surface area contributed by atoms with Gasteiger partial charge in [0.25, 0.3) is 5.91 Å². The van der Waals surface area contributed by atoms with E-state index in [2.05, 4.69) is 0 Å². The average Bonchev–Trinajstić information content (AvgIpc) is 2.88. The third-order valence-electron chi connectivity index (χ3n) is 4.84. The van der Waals surface area contributed by atoms with Gasteiger partial charge in [-0.15, -0.1) is 0 Å². The van der Waals surface area contributed by atoms with E-state index < -0.39 is 9.73 Å². The molecule has 22 heavy (non-hydrogen) atoms. The molecule has 0 saturated carbocycles. The number of hydrogen-bond acceptors (Lipinski definition) is 4. The molecule has 2 unspecified atom stereocenters. The first-order valence-corrected chi connectivity index (χ1v) is 9.61. The van der Waals surface area contributed by atoms with Gasteiger partial charge in [-0.25, -0.2) is 4.21 Å². The van der Waals surface area contributed by atoms with Crippen LogP contribution >= 0.6 is 0 Å². The van der Waals surface area contributed by atoms with Crippen LogP contribution in [-0.4, -0.2) is 43.7 Å². The third kappa shape index (κ3) is 2.77. The zero-order valence-corrected chi connectivity index (χ0v) is 13.4. The molecule has 0 bridgehead atoms. The van der Waals surface area contributed by atoms with Crippen molar-refractivity contribution in [1.82, 2.24) is 4.90 Å². The van der Waals surface area contributed by atoms with Gasteiger partial charge < -0.3 is 10.0 Å². The molecule has 2 atom stereocenters. The van der Waals surface area contributed by atoms with Gasteiger partial charge >= 0.3 is 0 Å². The first-order valence-electron chi connectivity index (χ1n) is 7.72. The molecule has 2 heterocycles. The molecule has 2 saturated heterocycles. The van der Waals surface area contributed by atoms with Crippen molar-refractivity contribution >= 4 is 15.6 Å². The van der Waals surface area contributed by atoms with Gasteiger partial charge in [0.05, 0.1) is 17.9 Å². The molecule has 1 aromatic carbocycles. The SMILES string of the molecule is N=S1(=O)CCCC2(CCCN2C(=O)c2ccc(CO)cc2)C1. The van der Waals surface area contributed by atoms with Crippen LogP contribution < -0.4 is 0 Å². The standard InChI is InChI=1S/C16H22N2O3S/c17-22(21)10-2-8-16(12-22)7-1-9-18(16)15(20)14-5-3-13(11-19)4-6-14/h3-6,17,19H,1-2,7-12H2. The molecule has 2 N–H and O–H groups in total. The molecule has 5 nitrogen and oxygen atoms in total. The Morgan fingerprint density at radius 3 is 2.59 bits per heavy atom. The zero-order chi connectivity index (χ0) is 15.8. The van der Waals surface area contributed by atoms with Crippen LogP contribution in [0.15, 0.2) is 24.3 Å². The van der Waals surface area contributed by atoms with E-state index in [-0.39, 0.29) is 18.1 Å². The molecule has 2 fully saturated rings. The predicted molar refractivity (Wildman–Crippen MR) is 85.2 cm³/mol. The van der Waals surface area contributed by atoms with Crippen molar-refractivity contribution in [2.24, 2.45) is 0 Å². The van der Waals surface area contributed by atoms with E-state index in [9.17, 15) is 9.00 Å². The second-order valence-electron chi connectivity index (χ2n) is 6.40. The second kappa shape index (κ2) is 5.66. The van der Waals surface area contributed by atoms with Crippen molar-refractivity contribution in [3.8, 4) is 0 Å². The highest BCUT2D eigenvalue weighted by molar-refractivity contribution is 7.92. The van der Waals surface area contributed by atoms with Crippen LogP contribution in [0.25, 0.3) is 0 Å². The van der Waals surface area contributed by atoms with E-state index in [1.165, 1.54) is 0 Å². The van der Waals surface area contributed by atoms with Gasteiger partial charge in [0.1, 0.15) is 0 Å². The van der Waals surface area contributed by atoms with Crippen LogP contribution in [0.2, 0.25) is 0 Å². The maximum atomic E-state index is 12.8. The molecule has 2 aliphatic heterocycles. The van der Waals surface area contributed by atoms with Gasteiger partial charge in [0.15, 0.2) is 0 Å². The van der Waals surface area contributed by atoms with E-state index in [4.69, 9.17) is 9.89 Å². The molecule has 120 valence electrons. The molecule has 1 amide bonds. The summed E-state index contributed by atoms with van der Waals surface area (Å²) in [5, 5.41) is 9.09. The lowest BCUT2D eigenvalue weighted by Crippen LogP contribution is -2.54. The van der Waals surface area contributed by atoms with E-state index in [0.29, 0.717) is 23.6 Å². The summed E-state index contributed by atoms with van der Waals surface area (Å²) in [6, 6.07) is 6.98. The van der Waals surface area contributed by atoms with E-state index >= 15 is 0 Å². The Hall–Kier alpha value is -1.40. The lowest BCUT2D eigenvalue weighted by Gasteiger charge is -2.42. The lowest BCUT2D eigenvalue weighted by atomic mass is 9.91. The number of amides is 1. The minimum Gasteiger partial charge on any atom is -0.392 e. The Kier molecular flexibility index (Phi) is 3.99. The predicted octanol–water partition coefficient (Wildman–Crippen LogP) is 1.99. The van der Waals surface area contributed by atoms with Crippen LogP contribution in [0.4, 0.5) is 0 Å². The highest BCUT2D eigenvalue weighted by Gasteiger charge is 2.47. The van der Waals surface area contributed by atoms with Gasteiger partial charge in [-0.1, -0.05) is 12.1 Å². The number of aliphatic hydroxyl groups excluding tert-OH is 1. The van der Waals surface area contributed by atoms with Crippen molar-refractivity contribution < 1.29 is 14.1 Å². The summed E-state index contributed by atoms with van der Waals surface area (Å²) in [5.74, 6) is 0.738. The van der Waals surface area contributed by atoms with Gasteiger partial charge in [0, 0.05) is 27.6 Å². The summed E-state index contributed by atoms with van der Waals surface area (Å²) in [6.07, 6.45) is 3.37. The molecule has 2 aliphatic rings. The Morgan fingerprint density at radius 2 is 1.95 bits per heavy atom. The molecule has 1 spiro atoms. The largest absolute Gasteiger partial charge is 0.392 e. The Balaban J connectivity index is 1.87. The number of benzene rings is 1. The average molecular weight is 322 g/mol. The fourth-order valence-electron chi connectivity index (χ4n) is 3.79. The molecule has 0 aliphatic carbocycles. The number of carbonyl (C=O) groups excluding carboxylic acids is 1. The molecule has 6 heteroatoms. The van der Waals surface area contributed by atoms with Crippen LogP contribution in [0.1, 0.15) is 41.6 Å². The Labute approximate surface area is 131 Å². The van der Waals surface area contributed by atoms with Crippen molar-refractivity contribution in [3.63, 3.8) is 0 Å². The number of likely N-dealkylation sites (tertiary alicyclic amines) is 1. The molecule has 0 radical (unpaired) electrons. The van der Waals surface area contributed by atoms with Gasteiger partial charge in [-0.05, 0) is 43.4 Å². The van der Waals surface area contributed by atoms with Crippen molar-refractivity contribution in [1.29, 1.82) is 4.78 Å². The molecular formula is C16H22N2O3S. The fraction of sp³-hybridized carbons (Fsp3) is 0.562. The van der Waals surface area contributed by atoms with E-state index in [1.807, 2.05) is 4.90 Å². The van der Waals surface area contributed by atoms with Crippen molar-refractivity contribution in [3.05, 3.63) is 35.4 Å². The number of carbonyl (C=O) groups is 1. The number of aliphatic hydroxyl groups is 1. The summed E-state index contributed by atoms with van der Waals surface area (Å²) in [5.41, 5.74) is 0.990. The van der Waals surface area contributed by atoms with Gasteiger partial charge in [0.2, 0.25) is 0 Å². The number of hydrogen-bond donors (Lipinski definition) is 2. The highest BCUT2D eigenvalue weighted by Crippen LogP contribution is 2.39. The minimum absolute atomic E-state index is 0.0387. The van der Waals surface area contributed by atoms with Crippen LogP contribution in [-0.2, 0) is 16.3 Å². The minimum atomic E-state index is -2.56. The summed E-state index contributed by atoms with van der Waals surface area (Å²) >= 11 is 0. The maximum Gasteiger partial charge on any atom is 0.254 e. The van der Waals surface area contributed by atoms with Crippen LogP contribution in [0, 0.1) is 4.78 Å². The van der Waals surface area contributed by atoms with Gasteiger partial charge in [-0.2, -0.15) is 0 Å². The quantitative estimate of drug-likeness (QED) is 0.873. The molecular weight excluding hydrogens is 300 g/mol. The number of rotatable bonds is 2. The second-order valence-corrected chi connectivity index (χ2v) is 8.72. The summed E-state index contributed by atoms with van der Waals surface area (Å²) < 4.78 is 20.2. The van der Waals surface area contributed by atoms with E-state index in [0.717, 1.165) is 31.2 Å². The maximum absolute atomic E-state index is 12.8. The van der Waals surface area contributed by atoms with E-state index in [1.54, 1.807) is 24.3 Å². The first kappa shape index (κ1) is 15.5. The molecule has 0 aromatic heterocycles.